The number of carbonyl (C=O) groups excluding carboxylic acids is 2. The number of likely N-dealkylation sites (tertiary alicyclic amines) is 1. The molecular formula is C23H31N5O4. The normalized spacial score (nSPS) is 21.5. The van der Waals surface area contributed by atoms with Crippen molar-refractivity contribution in [1.29, 1.82) is 0 Å². The molecule has 2 atom stereocenters. The van der Waals surface area contributed by atoms with Crippen molar-refractivity contribution in [3.63, 3.8) is 0 Å². The molecule has 2 amide bonds. The van der Waals surface area contributed by atoms with Crippen molar-refractivity contribution in [2.75, 3.05) is 32.9 Å². The van der Waals surface area contributed by atoms with E-state index >= 15 is 0 Å². The molecule has 3 heterocycles. The van der Waals surface area contributed by atoms with Crippen molar-refractivity contribution < 1.29 is 19.1 Å². The SMILES string of the molecule is CCOc1ccc(CC(=O)N2CC(NC(=O)C3CCOCC3)C(c3n[nH]c(C)n3)C2)cc1. The highest BCUT2D eigenvalue weighted by atomic mass is 16.5. The van der Waals surface area contributed by atoms with Gasteiger partial charge in [0, 0.05) is 32.2 Å². The number of amides is 2. The van der Waals surface area contributed by atoms with Crippen molar-refractivity contribution in [1.82, 2.24) is 25.4 Å². The van der Waals surface area contributed by atoms with E-state index in [4.69, 9.17) is 9.47 Å². The quantitative estimate of drug-likeness (QED) is 0.675. The van der Waals surface area contributed by atoms with Gasteiger partial charge < -0.3 is 19.7 Å². The molecule has 2 fully saturated rings. The number of nitrogens with one attached hydrogen (secondary N) is 2. The lowest BCUT2D eigenvalue weighted by Gasteiger charge is -2.24. The zero-order chi connectivity index (χ0) is 22.5. The Labute approximate surface area is 187 Å². The highest BCUT2D eigenvalue weighted by Crippen LogP contribution is 2.27. The second kappa shape index (κ2) is 10.1. The number of H-pyrrole nitrogens is 1. The minimum atomic E-state index is -0.218. The Balaban J connectivity index is 1.43. The van der Waals surface area contributed by atoms with Gasteiger partial charge in [-0.2, -0.15) is 5.10 Å². The number of aromatic amines is 1. The van der Waals surface area contributed by atoms with E-state index in [9.17, 15) is 9.59 Å². The topological polar surface area (TPSA) is 109 Å². The zero-order valence-electron chi connectivity index (χ0n) is 18.7. The van der Waals surface area contributed by atoms with E-state index in [2.05, 4.69) is 20.5 Å². The molecule has 172 valence electrons. The lowest BCUT2D eigenvalue weighted by Crippen LogP contribution is -2.44. The van der Waals surface area contributed by atoms with E-state index in [0.29, 0.717) is 51.0 Å². The van der Waals surface area contributed by atoms with Crippen LogP contribution in [0.15, 0.2) is 24.3 Å². The fourth-order valence-electron chi connectivity index (χ4n) is 4.36. The van der Waals surface area contributed by atoms with Crippen LogP contribution in [-0.4, -0.2) is 70.8 Å². The van der Waals surface area contributed by atoms with Gasteiger partial charge in [0.25, 0.3) is 0 Å². The van der Waals surface area contributed by atoms with Gasteiger partial charge >= 0.3 is 0 Å². The summed E-state index contributed by atoms with van der Waals surface area (Å²) in [4.78, 5) is 32.2. The Hall–Kier alpha value is -2.94. The molecule has 2 aromatic rings. The zero-order valence-corrected chi connectivity index (χ0v) is 18.7. The van der Waals surface area contributed by atoms with Gasteiger partial charge in [-0.1, -0.05) is 12.1 Å². The summed E-state index contributed by atoms with van der Waals surface area (Å²) < 4.78 is 10.8. The fourth-order valence-corrected chi connectivity index (χ4v) is 4.36. The monoisotopic (exact) mass is 441 g/mol. The summed E-state index contributed by atoms with van der Waals surface area (Å²) in [6.07, 6.45) is 1.75. The first-order valence-corrected chi connectivity index (χ1v) is 11.3. The molecule has 2 aliphatic rings. The van der Waals surface area contributed by atoms with Crippen molar-refractivity contribution in [3.8, 4) is 5.75 Å². The van der Waals surface area contributed by atoms with Crippen LogP contribution in [0.25, 0.3) is 0 Å². The number of nitrogens with zero attached hydrogens (tertiary/aromatic N) is 3. The lowest BCUT2D eigenvalue weighted by molar-refractivity contribution is -0.131. The van der Waals surface area contributed by atoms with E-state index in [1.54, 1.807) is 0 Å². The van der Waals surface area contributed by atoms with Gasteiger partial charge in [-0.05, 0) is 44.4 Å². The molecule has 2 aliphatic heterocycles. The van der Waals surface area contributed by atoms with E-state index in [0.717, 1.165) is 24.2 Å². The summed E-state index contributed by atoms with van der Waals surface area (Å²) in [5.41, 5.74) is 0.929. The number of hydrogen-bond acceptors (Lipinski definition) is 6. The average molecular weight is 442 g/mol. The molecule has 0 saturated carbocycles. The van der Waals surface area contributed by atoms with Crippen LogP contribution >= 0.6 is 0 Å². The summed E-state index contributed by atoms with van der Waals surface area (Å²) >= 11 is 0. The lowest BCUT2D eigenvalue weighted by atomic mass is 9.97. The number of benzene rings is 1. The molecule has 9 nitrogen and oxygen atoms in total. The highest BCUT2D eigenvalue weighted by molar-refractivity contribution is 5.81. The first kappa shape index (κ1) is 22.3. The van der Waals surface area contributed by atoms with Crippen molar-refractivity contribution >= 4 is 11.8 Å². The number of ether oxygens (including phenoxy) is 2. The van der Waals surface area contributed by atoms with Gasteiger partial charge in [-0.25, -0.2) is 4.98 Å². The number of aryl methyl sites for hydroxylation is 1. The average Bonchev–Trinajstić information content (AvgIpc) is 3.42. The number of hydrogen-bond donors (Lipinski definition) is 2. The Morgan fingerprint density at radius 3 is 2.62 bits per heavy atom. The third-order valence-electron chi connectivity index (χ3n) is 6.13. The number of carbonyl (C=O) groups is 2. The number of rotatable bonds is 7. The van der Waals surface area contributed by atoms with Gasteiger partial charge in [0.15, 0.2) is 5.82 Å². The van der Waals surface area contributed by atoms with Gasteiger partial charge in [-0.15, -0.1) is 0 Å². The van der Waals surface area contributed by atoms with Gasteiger partial charge in [-0.3, -0.25) is 14.7 Å². The van der Waals surface area contributed by atoms with Gasteiger partial charge in [0.2, 0.25) is 11.8 Å². The minimum absolute atomic E-state index is 0.0224. The summed E-state index contributed by atoms with van der Waals surface area (Å²) in [5, 5.41) is 10.4. The highest BCUT2D eigenvalue weighted by Gasteiger charge is 2.40. The van der Waals surface area contributed by atoms with Gasteiger partial charge in [0.1, 0.15) is 11.6 Å². The summed E-state index contributed by atoms with van der Waals surface area (Å²) in [6, 6.07) is 7.38. The third kappa shape index (κ3) is 5.27. The second-order valence-corrected chi connectivity index (χ2v) is 8.44. The summed E-state index contributed by atoms with van der Waals surface area (Å²) in [7, 11) is 0. The van der Waals surface area contributed by atoms with Crippen LogP contribution in [0.3, 0.4) is 0 Å². The van der Waals surface area contributed by atoms with Crippen LogP contribution in [0.4, 0.5) is 0 Å². The van der Waals surface area contributed by atoms with Crippen LogP contribution in [0.5, 0.6) is 5.75 Å². The molecule has 0 spiro atoms. The summed E-state index contributed by atoms with van der Waals surface area (Å²) in [5.74, 6) is 2.00. The van der Waals surface area contributed by atoms with Crippen LogP contribution in [-0.2, 0) is 20.7 Å². The smallest absolute Gasteiger partial charge is 0.227 e. The largest absolute Gasteiger partial charge is 0.494 e. The molecule has 2 unspecified atom stereocenters. The van der Waals surface area contributed by atoms with Crippen LogP contribution in [0.2, 0.25) is 0 Å². The third-order valence-corrected chi connectivity index (χ3v) is 6.13. The maximum atomic E-state index is 13.1. The maximum absolute atomic E-state index is 13.1. The van der Waals surface area contributed by atoms with Crippen molar-refractivity contribution in [2.45, 2.75) is 45.1 Å². The first-order chi connectivity index (χ1) is 15.5. The van der Waals surface area contributed by atoms with Gasteiger partial charge in [0.05, 0.1) is 25.0 Å². The molecule has 2 N–H and O–H groups in total. The molecule has 0 bridgehead atoms. The van der Waals surface area contributed by atoms with Crippen molar-refractivity contribution in [3.05, 3.63) is 41.5 Å². The summed E-state index contributed by atoms with van der Waals surface area (Å²) in [6.45, 7) is 6.53. The van der Waals surface area contributed by atoms with E-state index < -0.39 is 0 Å². The van der Waals surface area contributed by atoms with E-state index in [1.165, 1.54) is 0 Å². The van der Waals surface area contributed by atoms with Crippen molar-refractivity contribution in [2.24, 2.45) is 5.92 Å². The molecule has 0 aliphatic carbocycles. The first-order valence-electron chi connectivity index (χ1n) is 11.3. The molecular weight excluding hydrogens is 410 g/mol. The standard InChI is InChI=1S/C23H31N5O4/c1-3-32-18-6-4-16(5-7-18)12-21(29)28-13-19(22-24-15(2)26-27-22)20(14-28)25-23(30)17-8-10-31-11-9-17/h4-7,17,19-20H,3,8-14H2,1-2H3,(H,25,30)(H,24,26,27). The molecule has 2 saturated heterocycles. The van der Waals surface area contributed by atoms with Crippen LogP contribution < -0.4 is 10.1 Å². The Bertz CT molecular complexity index is 923. The Kier molecular flexibility index (Phi) is 7.04. The maximum Gasteiger partial charge on any atom is 0.227 e. The fraction of sp³-hybridized carbons (Fsp3) is 0.565. The number of aromatic nitrogens is 3. The molecule has 9 heteroatoms. The predicted octanol–water partition coefficient (Wildman–Crippen LogP) is 1.59. The second-order valence-electron chi connectivity index (χ2n) is 8.44. The van der Waals surface area contributed by atoms with E-state index in [-0.39, 0.29) is 29.7 Å². The molecule has 4 rings (SSSR count). The molecule has 0 radical (unpaired) electrons. The Morgan fingerprint density at radius 2 is 1.97 bits per heavy atom. The van der Waals surface area contributed by atoms with Crippen LogP contribution in [0, 0.1) is 12.8 Å². The van der Waals surface area contributed by atoms with Crippen LogP contribution in [0.1, 0.15) is 42.9 Å². The molecule has 1 aromatic carbocycles. The molecule has 1 aromatic heterocycles. The predicted molar refractivity (Wildman–Crippen MR) is 117 cm³/mol. The molecule has 32 heavy (non-hydrogen) atoms. The Morgan fingerprint density at radius 1 is 1.22 bits per heavy atom. The van der Waals surface area contributed by atoms with E-state index in [1.807, 2.05) is 43.0 Å². The minimum Gasteiger partial charge on any atom is -0.494 e.